The zero-order valence-corrected chi connectivity index (χ0v) is 11.8. The monoisotopic (exact) mass is 293 g/mol. The van der Waals surface area contributed by atoms with Gasteiger partial charge >= 0.3 is 0 Å². The molecule has 4 heteroatoms. The van der Waals surface area contributed by atoms with Crippen LogP contribution in [0, 0.1) is 5.82 Å². The summed E-state index contributed by atoms with van der Waals surface area (Å²) in [5.74, 6) is 0.491. The van der Waals surface area contributed by atoms with Crippen molar-refractivity contribution in [1.82, 2.24) is 0 Å². The van der Waals surface area contributed by atoms with E-state index in [1.54, 1.807) is 12.1 Å². The van der Waals surface area contributed by atoms with Crippen molar-refractivity contribution in [3.05, 3.63) is 64.9 Å². The molecule has 20 heavy (non-hydrogen) atoms. The lowest BCUT2D eigenvalue weighted by Crippen LogP contribution is -2.15. The van der Waals surface area contributed by atoms with Gasteiger partial charge in [-0.1, -0.05) is 35.9 Å². The molecule has 2 nitrogen and oxygen atoms in total. The topological polar surface area (TPSA) is 35.2 Å². The molecule has 0 aliphatic heterocycles. The van der Waals surface area contributed by atoms with Crippen LogP contribution in [0.5, 0.6) is 5.75 Å². The van der Waals surface area contributed by atoms with Gasteiger partial charge in [0, 0.05) is 0 Å². The molecule has 0 bridgehead atoms. The first-order valence-electron chi connectivity index (χ1n) is 6.53. The third-order valence-corrected chi connectivity index (χ3v) is 3.48. The largest absolute Gasteiger partial charge is 0.492 e. The summed E-state index contributed by atoms with van der Waals surface area (Å²) < 4.78 is 18.9. The van der Waals surface area contributed by atoms with Gasteiger partial charge in [-0.05, 0) is 48.7 Å². The predicted octanol–water partition coefficient (Wildman–Crippen LogP) is 3.99. The molecular formula is C16H17ClFNO. The van der Waals surface area contributed by atoms with E-state index in [0.717, 1.165) is 5.56 Å². The van der Waals surface area contributed by atoms with Crippen LogP contribution in [0.3, 0.4) is 0 Å². The van der Waals surface area contributed by atoms with Gasteiger partial charge in [-0.3, -0.25) is 0 Å². The second kappa shape index (κ2) is 7.27. The maximum absolute atomic E-state index is 13.2. The zero-order valence-electron chi connectivity index (χ0n) is 11.1. The van der Waals surface area contributed by atoms with E-state index in [4.69, 9.17) is 22.1 Å². The summed E-state index contributed by atoms with van der Waals surface area (Å²) in [4.78, 5) is 0. The lowest BCUT2D eigenvalue weighted by atomic mass is 9.96. The number of benzene rings is 2. The molecule has 0 radical (unpaired) electrons. The third kappa shape index (κ3) is 3.95. The molecule has 2 N–H and O–H groups in total. The third-order valence-electron chi connectivity index (χ3n) is 3.17. The van der Waals surface area contributed by atoms with Crippen molar-refractivity contribution in [2.75, 3.05) is 13.2 Å². The number of hydrogen-bond acceptors (Lipinski definition) is 2. The normalized spacial score (nSPS) is 12.2. The second-order valence-electron chi connectivity index (χ2n) is 4.56. The summed E-state index contributed by atoms with van der Waals surface area (Å²) in [5.41, 5.74) is 6.66. The molecule has 2 aromatic carbocycles. The fourth-order valence-corrected chi connectivity index (χ4v) is 2.24. The number of para-hydroxylation sites is 1. The number of ether oxygens (including phenoxy) is 1. The highest BCUT2D eigenvalue weighted by atomic mass is 35.5. The first-order valence-corrected chi connectivity index (χ1v) is 6.91. The van der Waals surface area contributed by atoms with Crippen LogP contribution >= 0.6 is 11.6 Å². The molecule has 0 aromatic heterocycles. The minimum Gasteiger partial charge on any atom is -0.492 e. The van der Waals surface area contributed by atoms with E-state index in [0.29, 0.717) is 30.3 Å². The van der Waals surface area contributed by atoms with Gasteiger partial charge in [0.05, 0.1) is 11.6 Å². The Hall–Kier alpha value is -1.58. The highest BCUT2D eigenvalue weighted by Gasteiger charge is 2.11. The fraction of sp³-hybridized carbons (Fsp3) is 0.250. The Labute approximate surface area is 123 Å². The molecule has 1 atom stereocenters. The van der Waals surface area contributed by atoms with Gasteiger partial charge < -0.3 is 10.5 Å². The maximum Gasteiger partial charge on any atom is 0.137 e. The summed E-state index contributed by atoms with van der Waals surface area (Å²) in [5, 5.41) is 0.586. The van der Waals surface area contributed by atoms with Crippen LogP contribution in [0.15, 0.2) is 48.5 Å². The Balaban J connectivity index is 1.93. The molecule has 0 aliphatic carbocycles. The molecule has 0 saturated heterocycles. The minimum atomic E-state index is -0.243. The van der Waals surface area contributed by atoms with Gasteiger partial charge in [0.25, 0.3) is 0 Å². The smallest absolute Gasteiger partial charge is 0.137 e. The van der Waals surface area contributed by atoms with Gasteiger partial charge in [0.1, 0.15) is 11.6 Å². The summed E-state index contributed by atoms with van der Waals surface area (Å²) in [6.45, 7) is 0.942. The Bertz CT molecular complexity index is 562. The lowest BCUT2D eigenvalue weighted by molar-refractivity contribution is 0.298. The molecule has 0 spiro atoms. The molecule has 2 rings (SSSR count). The summed E-state index contributed by atoms with van der Waals surface area (Å²) in [6, 6.07) is 13.9. The van der Waals surface area contributed by atoms with E-state index in [1.807, 2.05) is 24.3 Å². The average molecular weight is 294 g/mol. The molecule has 0 heterocycles. The Morgan fingerprint density at radius 3 is 2.65 bits per heavy atom. The quantitative estimate of drug-likeness (QED) is 0.874. The van der Waals surface area contributed by atoms with E-state index < -0.39 is 0 Å². The van der Waals surface area contributed by atoms with Crippen molar-refractivity contribution in [3.8, 4) is 5.75 Å². The SMILES string of the molecule is NCC(CCOc1ccccc1Cl)c1cccc(F)c1. The fourth-order valence-electron chi connectivity index (χ4n) is 2.05. The predicted molar refractivity (Wildman–Crippen MR) is 79.8 cm³/mol. The molecule has 2 aromatic rings. The van der Waals surface area contributed by atoms with E-state index >= 15 is 0 Å². The summed E-state index contributed by atoms with van der Waals surface area (Å²) in [7, 11) is 0. The van der Waals surface area contributed by atoms with Gasteiger partial charge in [0.2, 0.25) is 0 Å². The van der Waals surface area contributed by atoms with Crippen LogP contribution in [0.1, 0.15) is 17.9 Å². The van der Waals surface area contributed by atoms with E-state index in [2.05, 4.69) is 0 Å². The lowest BCUT2D eigenvalue weighted by Gasteiger charge is -2.16. The Morgan fingerprint density at radius 1 is 1.15 bits per heavy atom. The van der Waals surface area contributed by atoms with E-state index in [9.17, 15) is 4.39 Å². The highest BCUT2D eigenvalue weighted by molar-refractivity contribution is 6.32. The van der Waals surface area contributed by atoms with Gasteiger partial charge in [0.15, 0.2) is 0 Å². The van der Waals surface area contributed by atoms with Crippen LogP contribution in [-0.4, -0.2) is 13.2 Å². The maximum atomic E-state index is 13.2. The average Bonchev–Trinajstić information content (AvgIpc) is 2.45. The van der Waals surface area contributed by atoms with Crippen molar-refractivity contribution in [2.24, 2.45) is 5.73 Å². The Kier molecular flexibility index (Phi) is 5.39. The first kappa shape index (κ1) is 14.8. The highest BCUT2D eigenvalue weighted by Crippen LogP contribution is 2.25. The zero-order chi connectivity index (χ0) is 14.4. The molecule has 0 amide bonds. The number of nitrogens with two attached hydrogens (primary N) is 1. The summed E-state index contributed by atoms with van der Waals surface area (Å²) in [6.07, 6.45) is 0.713. The van der Waals surface area contributed by atoms with E-state index in [-0.39, 0.29) is 11.7 Å². The van der Waals surface area contributed by atoms with Crippen molar-refractivity contribution in [2.45, 2.75) is 12.3 Å². The second-order valence-corrected chi connectivity index (χ2v) is 4.96. The molecule has 0 saturated carbocycles. The van der Waals surface area contributed by atoms with Crippen LogP contribution in [0.2, 0.25) is 5.02 Å². The van der Waals surface area contributed by atoms with Crippen molar-refractivity contribution >= 4 is 11.6 Å². The van der Waals surface area contributed by atoms with Crippen molar-refractivity contribution in [3.63, 3.8) is 0 Å². The van der Waals surface area contributed by atoms with Gasteiger partial charge in [-0.15, -0.1) is 0 Å². The molecule has 0 fully saturated rings. The van der Waals surface area contributed by atoms with Crippen LogP contribution in [0.25, 0.3) is 0 Å². The molecule has 0 aliphatic rings. The molecular weight excluding hydrogens is 277 g/mol. The molecule has 106 valence electrons. The van der Waals surface area contributed by atoms with Crippen molar-refractivity contribution < 1.29 is 9.13 Å². The van der Waals surface area contributed by atoms with Crippen molar-refractivity contribution in [1.29, 1.82) is 0 Å². The number of hydrogen-bond donors (Lipinski definition) is 1. The van der Waals surface area contributed by atoms with Crippen LogP contribution in [0.4, 0.5) is 4.39 Å². The number of halogens is 2. The van der Waals surface area contributed by atoms with Gasteiger partial charge in [-0.2, -0.15) is 0 Å². The molecule has 1 unspecified atom stereocenters. The Morgan fingerprint density at radius 2 is 1.95 bits per heavy atom. The van der Waals surface area contributed by atoms with E-state index in [1.165, 1.54) is 12.1 Å². The number of rotatable bonds is 6. The van der Waals surface area contributed by atoms with Crippen LogP contribution in [-0.2, 0) is 0 Å². The van der Waals surface area contributed by atoms with Crippen LogP contribution < -0.4 is 10.5 Å². The van der Waals surface area contributed by atoms with Gasteiger partial charge in [-0.25, -0.2) is 4.39 Å². The first-order chi connectivity index (χ1) is 9.70. The summed E-state index contributed by atoms with van der Waals surface area (Å²) >= 11 is 6.01. The minimum absolute atomic E-state index is 0.0770. The standard InChI is InChI=1S/C16H17ClFNO/c17-15-6-1-2-7-16(15)20-9-8-13(11-19)12-4-3-5-14(18)10-12/h1-7,10,13H,8-9,11,19H2.